The first-order chi connectivity index (χ1) is 10.1. The third-order valence-corrected chi connectivity index (χ3v) is 3.86. The average Bonchev–Trinajstić information content (AvgIpc) is 2.53. The van der Waals surface area contributed by atoms with Crippen molar-refractivity contribution in [3.05, 3.63) is 17.7 Å². The Morgan fingerprint density at radius 1 is 1.19 bits per heavy atom. The van der Waals surface area contributed by atoms with Gasteiger partial charge in [0.25, 0.3) is 5.91 Å². The third kappa shape index (κ3) is 3.21. The van der Waals surface area contributed by atoms with Gasteiger partial charge in [0.15, 0.2) is 11.5 Å². The molecule has 1 aromatic carbocycles. The number of anilines is 1. The largest absolute Gasteiger partial charge is 0.493 e. The molecule has 6 heteroatoms. The summed E-state index contributed by atoms with van der Waals surface area (Å²) in [5.74, 6) is 0.927. The minimum Gasteiger partial charge on any atom is -0.493 e. The molecule has 0 unspecified atom stereocenters. The number of hydrogen-bond acceptors (Lipinski definition) is 5. The standard InChI is InChI=1S/C15H23N3O3/c1-4-17-5-7-18(8-6-17)15(19)11-9-12(16)14(21-3)13(10-11)20-2/h9-10H,4-8,16H2,1-3H3. The number of methoxy groups -OCH3 is 2. The second-order valence-electron chi connectivity index (χ2n) is 5.03. The van der Waals surface area contributed by atoms with E-state index in [1.165, 1.54) is 14.2 Å². The molecule has 1 amide bonds. The number of carbonyl (C=O) groups is 1. The van der Waals surface area contributed by atoms with Gasteiger partial charge in [-0.05, 0) is 18.7 Å². The molecule has 116 valence electrons. The number of nitrogen functional groups attached to an aromatic ring is 1. The van der Waals surface area contributed by atoms with Gasteiger partial charge >= 0.3 is 0 Å². The smallest absolute Gasteiger partial charge is 0.254 e. The first-order valence-electron chi connectivity index (χ1n) is 7.13. The highest BCUT2D eigenvalue weighted by molar-refractivity contribution is 5.96. The van der Waals surface area contributed by atoms with Gasteiger partial charge in [-0.25, -0.2) is 0 Å². The molecule has 1 heterocycles. The van der Waals surface area contributed by atoms with Crippen molar-refractivity contribution in [2.45, 2.75) is 6.92 Å². The molecule has 0 radical (unpaired) electrons. The first kappa shape index (κ1) is 15.4. The van der Waals surface area contributed by atoms with Crippen LogP contribution in [0.4, 0.5) is 5.69 Å². The van der Waals surface area contributed by atoms with Crippen LogP contribution in [0.1, 0.15) is 17.3 Å². The molecule has 0 bridgehead atoms. The summed E-state index contributed by atoms with van der Waals surface area (Å²) in [7, 11) is 3.06. The average molecular weight is 293 g/mol. The summed E-state index contributed by atoms with van der Waals surface area (Å²) in [6.07, 6.45) is 0. The zero-order chi connectivity index (χ0) is 15.4. The summed E-state index contributed by atoms with van der Waals surface area (Å²) in [5, 5.41) is 0. The summed E-state index contributed by atoms with van der Waals surface area (Å²) in [6, 6.07) is 3.33. The second-order valence-corrected chi connectivity index (χ2v) is 5.03. The second kappa shape index (κ2) is 6.67. The van der Waals surface area contributed by atoms with E-state index in [-0.39, 0.29) is 5.91 Å². The van der Waals surface area contributed by atoms with Gasteiger partial charge in [0.1, 0.15) is 0 Å². The Bertz CT molecular complexity index is 511. The molecule has 0 atom stereocenters. The van der Waals surface area contributed by atoms with E-state index in [0.29, 0.717) is 22.7 Å². The van der Waals surface area contributed by atoms with Crippen molar-refractivity contribution in [2.75, 3.05) is 52.7 Å². The van der Waals surface area contributed by atoms with Crippen LogP contribution in [-0.2, 0) is 0 Å². The van der Waals surface area contributed by atoms with Crippen molar-refractivity contribution in [1.82, 2.24) is 9.80 Å². The minimum atomic E-state index is -0.0154. The van der Waals surface area contributed by atoms with Crippen LogP contribution in [0.25, 0.3) is 0 Å². The zero-order valence-corrected chi connectivity index (χ0v) is 12.9. The lowest BCUT2D eigenvalue weighted by Gasteiger charge is -2.34. The summed E-state index contributed by atoms with van der Waals surface area (Å²) in [6.45, 7) is 6.44. The van der Waals surface area contributed by atoms with Gasteiger partial charge < -0.3 is 25.0 Å². The Hall–Kier alpha value is -1.95. The van der Waals surface area contributed by atoms with Crippen molar-refractivity contribution in [3.8, 4) is 11.5 Å². The normalized spacial score (nSPS) is 15.9. The Labute approximate surface area is 125 Å². The van der Waals surface area contributed by atoms with Crippen molar-refractivity contribution in [3.63, 3.8) is 0 Å². The molecule has 0 saturated carbocycles. The Balaban J connectivity index is 2.18. The molecule has 1 aliphatic heterocycles. The predicted molar refractivity (Wildman–Crippen MR) is 82.0 cm³/mol. The summed E-state index contributed by atoms with van der Waals surface area (Å²) in [4.78, 5) is 16.8. The van der Waals surface area contributed by atoms with E-state index in [4.69, 9.17) is 15.2 Å². The maximum absolute atomic E-state index is 12.6. The van der Waals surface area contributed by atoms with Gasteiger partial charge in [0.2, 0.25) is 0 Å². The van der Waals surface area contributed by atoms with Crippen molar-refractivity contribution in [1.29, 1.82) is 0 Å². The molecule has 21 heavy (non-hydrogen) atoms. The molecule has 6 nitrogen and oxygen atoms in total. The van der Waals surface area contributed by atoms with Crippen molar-refractivity contribution in [2.24, 2.45) is 0 Å². The fourth-order valence-corrected chi connectivity index (χ4v) is 2.57. The number of carbonyl (C=O) groups excluding carboxylic acids is 1. The van der Waals surface area contributed by atoms with Crippen molar-refractivity contribution >= 4 is 11.6 Å². The van der Waals surface area contributed by atoms with E-state index in [1.54, 1.807) is 12.1 Å². The number of benzene rings is 1. The van der Waals surface area contributed by atoms with Crippen LogP contribution in [-0.4, -0.2) is 62.7 Å². The van der Waals surface area contributed by atoms with E-state index in [1.807, 2.05) is 4.90 Å². The molecule has 2 N–H and O–H groups in total. The van der Waals surface area contributed by atoms with Crippen LogP contribution >= 0.6 is 0 Å². The highest BCUT2D eigenvalue weighted by Crippen LogP contribution is 2.34. The summed E-state index contributed by atoms with van der Waals surface area (Å²) >= 11 is 0. The molecule has 1 aliphatic rings. The molecule has 0 spiro atoms. The zero-order valence-electron chi connectivity index (χ0n) is 12.9. The van der Waals surface area contributed by atoms with E-state index < -0.39 is 0 Å². The molecular formula is C15H23N3O3. The topological polar surface area (TPSA) is 68.0 Å². The van der Waals surface area contributed by atoms with Crippen LogP contribution in [0.3, 0.4) is 0 Å². The monoisotopic (exact) mass is 293 g/mol. The number of piperazine rings is 1. The number of hydrogen-bond donors (Lipinski definition) is 1. The number of likely N-dealkylation sites (N-methyl/N-ethyl adjacent to an activating group) is 1. The van der Waals surface area contributed by atoms with Crippen LogP contribution in [0.15, 0.2) is 12.1 Å². The number of ether oxygens (including phenoxy) is 2. The molecule has 2 rings (SSSR count). The number of amides is 1. The fourth-order valence-electron chi connectivity index (χ4n) is 2.57. The van der Waals surface area contributed by atoms with E-state index in [0.717, 1.165) is 32.7 Å². The summed E-state index contributed by atoms with van der Waals surface area (Å²) < 4.78 is 10.4. The van der Waals surface area contributed by atoms with Crippen LogP contribution in [0.2, 0.25) is 0 Å². The molecule has 1 aromatic rings. The maximum Gasteiger partial charge on any atom is 0.254 e. The fraction of sp³-hybridized carbons (Fsp3) is 0.533. The van der Waals surface area contributed by atoms with Gasteiger partial charge in [0, 0.05) is 31.7 Å². The lowest BCUT2D eigenvalue weighted by molar-refractivity contribution is 0.0643. The lowest BCUT2D eigenvalue weighted by Crippen LogP contribution is -2.48. The van der Waals surface area contributed by atoms with Gasteiger partial charge in [-0.3, -0.25) is 4.79 Å². The highest BCUT2D eigenvalue weighted by Gasteiger charge is 2.23. The summed E-state index contributed by atoms with van der Waals surface area (Å²) in [5.41, 5.74) is 6.88. The highest BCUT2D eigenvalue weighted by atomic mass is 16.5. The Morgan fingerprint density at radius 2 is 1.86 bits per heavy atom. The SMILES string of the molecule is CCN1CCN(C(=O)c2cc(N)c(OC)c(OC)c2)CC1. The molecule has 1 fully saturated rings. The predicted octanol–water partition coefficient (Wildman–Crippen LogP) is 1.06. The quantitative estimate of drug-likeness (QED) is 0.841. The van der Waals surface area contributed by atoms with E-state index >= 15 is 0 Å². The molecule has 0 aliphatic carbocycles. The Kier molecular flexibility index (Phi) is 4.90. The lowest BCUT2D eigenvalue weighted by atomic mass is 10.1. The van der Waals surface area contributed by atoms with E-state index in [2.05, 4.69) is 11.8 Å². The Morgan fingerprint density at radius 3 is 2.38 bits per heavy atom. The molecule has 0 aromatic heterocycles. The van der Waals surface area contributed by atoms with Gasteiger partial charge in [-0.2, -0.15) is 0 Å². The van der Waals surface area contributed by atoms with Crippen LogP contribution < -0.4 is 15.2 Å². The third-order valence-electron chi connectivity index (χ3n) is 3.86. The molecule has 1 saturated heterocycles. The van der Waals surface area contributed by atoms with Gasteiger partial charge in [-0.1, -0.05) is 6.92 Å². The number of nitrogens with zero attached hydrogens (tertiary/aromatic N) is 2. The minimum absolute atomic E-state index is 0.0154. The van der Waals surface area contributed by atoms with Gasteiger partial charge in [-0.15, -0.1) is 0 Å². The first-order valence-corrected chi connectivity index (χ1v) is 7.13. The van der Waals surface area contributed by atoms with Crippen LogP contribution in [0, 0.1) is 0 Å². The number of nitrogens with two attached hydrogens (primary N) is 1. The number of rotatable bonds is 4. The van der Waals surface area contributed by atoms with Crippen LogP contribution in [0.5, 0.6) is 11.5 Å². The van der Waals surface area contributed by atoms with Gasteiger partial charge in [0.05, 0.1) is 19.9 Å². The van der Waals surface area contributed by atoms with E-state index in [9.17, 15) is 4.79 Å². The maximum atomic E-state index is 12.6. The van der Waals surface area contributed by atoms with Crippen molar-refractivity contribution < 1.29 is 14.3 Å². The molecular weight excluding hydrogens is 270 g/mol.